The lowest BCUT2D eigenvalue weighted by Gasteiger charge is -2.23. The zero-order chi connectivity index (χ0) is 12.8. The van der Waals surface area contributed by atoms with E-state index in [4.69, 9.17) is 4.74 Å². The Kier molecular flexibility index (Phi) is 5.49. The van der Waals surface area contributed by atoms with Crippen molar-refractivity contribution in [2.45, 2.75) is 46.2 Å². The monoisotopic (exact) mass is 235 g/mol. The first-order chi connectivity index (χ1) is 8.02. The molecule has 0 spiro atoms. The van der Waals surface area contributed by atoms with E-state index in [2.05, 4.69) is 45.1 Å². The summed E-state index contributed by atoms with van der Waals surface area (Å²) in [6.07, 6.45) is 1.06. The lowest BCUT2D eigenvalue weighted by atomic mass is 10.0. The molecule has 1 aromatic rings. The minimum atomic E-state index is 0.501. The molecule has 2 unspecified atom stereocenters. The number of nitrogens with one attached hydrogen (secondary N) is 1. The maximum absolute atomic E-state index is 5.15. The fourth-order valence-corrected chi connectivity index (χ4v) is 1.82. The Bertz CT molecular complexity index is 318. The van der Waals surface area contributed by atoms with Crippen molar-refractivity contribution in [1.29, 1.82) is 0 Å². The molecule has 0 aliphatic carbocycles. The van der Waals surface area contributed by atoms with E-state index in [-0.39, 0.29) is 0 Å². The smallest absolute Gasteiger partial charge is 0.118 e. The molecule has 2 nitrogen and oxygen atoms in total. The van der Waals surface area contributed by atoms with Crippen molar-refractivity contribution in [3.8, 4) is 5.75 Å². The van der Waals surface area contributed by atoms with Crippen LogP contribution in [-0.2, 0) is 6.42 Å². The van der Waals surface area contributed by atoms with E-state index in [1.165, 1.54) is 5.56 Å². The van der Waals surface area contributed by atoms with Crippen LogP contribution in [0, 0.1) is 5.92 Å². The van der Waals surface area contributed by atoms with Gasteiger partial charge >= 0.3 is 0 Å². The molecule has 17 heavy (non-hydrogen) atoms. The fourth-order valence-electron chi connectivity index (χ4n) is 1.82. The van der Waals surface area contributed by atoms with E-state index in [1.807, 2.05) is 12.1 Å². The zero-order valence-electron chi connectivity index (χ0n) is 11.7. The van der Waals surface area contributed by atoms with Gasteiger partial charge in [0.25, 0.3) is 0 Å². The summed E-state index contributed by atoms with van der Waals surface area (Å²) in [4.78, 5) is 0. The second kappa shape index (κ2) is 6.65. The molecule has 0 aliphatic rings. The zero-order valence-corrected chi connectivity index (χ0v) is 11.7. The topological polar surface area (TPSA) is 21.3 Å². The van der Waals surface area contributed by atoms with Crippen molar-refractivity contribution in [3.05, 3.63) is 29.8 Å². The van der Waals surface area contributed by atoms with Gasteiger partial charge in [0.2, 0.25) is 0 Å². The van der Waals surface area contributed by atoms with Crippen molar-refractivity contribution >= 4 is 0 Å². The van der Waals surface area contributed by atoms with Gasteiger partial charge in [-0.25, -0.2) is 0 Å². The van der Waals surface area contributed by atoms with Crippen LogP contribution in [0.25, 0.3) is 0 Å². The normalized spacial score (nSPS) is 14.7. The molecule has 0 amide bonds. The highest BCUT2D eigenvalue weighted by molar-refractivity contribution is 5.27. The van der Waals surface area contributed by atoms with Crippen LogP contribution < -0.4 is 10.1 Å². The predicted molar refractivity (Wildman–Crippen MR) is 73.6 cm³/mol. The highest BCUT2D eigenvalue weighted by Gasteiger charge is 2.10. The Morgan fingerprint density at radius 3 is 2.12 bits per heavy atom. The van der Waals surface area contributed by atoms with Crippen LogP contribution in [0.4, 0.5) is 0 Å². The summed E-state index contributed by atoms with van der Waals surface area (Å²) in [7, 11) is 1.70. The number of ether oxygens (including phenoxy) is 1. The second-order valence-corrected chi connectivity index (χ2v) is 5.15. The number of hydrogen-bond acceptors (Lipinski definition) is 2. The summed E-state index contributed by atoms with van der Waals surface area (Å²) in [5.74, 6) is 1.60. The van der Waals surface area contributed by atoms with Crippen molar-refractivity contribution < 1.29 is 4.74 Å². The van der Waals surface area contributed by atoms with Crippen LogP contribution in [0.15, 0.2) is 24.3 Å². The summed E-state index contributed by atoms with van der Waals surface area (Å²) < 4.78 is 5.15. The molecule has 0 saturated heterocycles. The number of rotatable bonds is 6. The highest BCUT2D eigenvalue weighted by atomic mass is 16.5. The Morgan fingerprint density at radius 1 is 1.06 bits per heavy atom. The van der Waals surface area contributed by atoms with Crippen molar-refractivity contribution in [3.63, 3.8) is 0 Å². The first-order valence-electron chi connectivity index (χ1n) is 6.42. The molecular formula is C15H25NO. The fraction of sp³-hybridized carbons (Fsp3) is 0.600. The van der Waals surface area contributed by atoms with E-state index >= 15 is 0 Å². The number of hydrogen-bond donors (Lipinski definition) is 1. The lowest BCUT2D eigenvalue weighted by Crippen LogP contribution is -2.38. The molecule has 0 heterocycles. The Balaban J connectivity index is 2.47. The van der Waals surface area contributed by atoms with Gasteiger partial charge in [-0.3, -0.25) is 0 Å². The minimum absolute atomic E-state index is 0.501. The van der Waals surface area contributed by atoms with Crippen molar-refractivity contribution in [2.75, 3.05) is 7.11 Å². The molecule has 2 heteroatoms. The van der Waals surface area contributed by atoms with E-state index in [9.17, 15) is 0 Å². The molecule has 96 valence electrons. The van der Waals surface area contributed by atoms with E-state index < -0.39 is 0 Å². The van der Waals surface area contributed by atoms with Gasteiger partial charge in [0.1, 0.15) is 5.75 Å². The van der Waals surface area contributed by atoms with Gasteiger partial charge in [-0.05, 0) is 43.9 Å². The molecule has 1 N–H and O–H groups in total. The average Bonchev–Trinajstić information content (AvgIpc) is 2.29. The minimum Gasteiger partial charge on any atom is -0.497 e. The molecule has 0 saturated carbocycles. The summed E-state index contributed by atoms with van der Waals surface area (Å²) in [5, 5.41) is 3.63. The standard InChI is InChI=1S/C15H25NO/c1-11(2)13(4)16-12(3)10-14-6-8-15(17-5)9-7-14/h6-9,11-13,16H,10H2,1-5H3. The summed E-state index contributed by atoms with van der Waals surface area (Å²) in [6.45, 7) is 8.98. The first kappa shape index (κ1) is 14.0. The van der Waals surface area contributed by atoms with E-state index in [0.29, 0.717) is 18.0 Å². The van der Waals surface area contributed by atoms with Crippen LogP contribution in [0.3, 0.4) is 0 Å². The van der Waals surface area contributed by atoms with E-state index in [0.717, 1.165) is 12.2 Å². The van der Waals surface area contributed by atoms with Crippen LogP contribution >= 0.6 is 0 Å². The molecule has 1 aromatic carbocycles. The summed E-state index contributed by atoms with van der Waals surface area (Å²) in [5.41, 5.74) is 1.35. The number of benzene rings is 1. The van der Waals surface area contributed by atoms with Crippen molar-refractivity contribution in [2.24, 2.45) is 5.92 Å². The van der Waals surface area contributed by atoms with Crippen molar-refractivity contribution in [1.82, 2.24) is 5.32 Å². The van der Waals surface area contributed by atoms with Gasteiger partial charge in [-0.1, -0.05) is 26.0 Å². The van der Waals surface area contributed by atoms with Gasteiger partial charge in [0.15, 0.2) is 0 Å². The van der Waals surface area contributed by atoms with E-state index in [1.54, 1.807) is 7.11 Å². The van der Waals surface area contributed by atoms with Gasteiger partial charge in [-0.2, -0.15) is 0 Å². The first-order valence-corrected chi connectivity index (χ1v) is 6.42. The average molecular weight is 235 g/mol. The summed E-state index contributed by atoms with van der Waals surface area (Å²) >= 11 is 0. The summed E-state index contributed by atoms with van der Waals surface area (Å²) in [6, 6.07) is 9.37. The third-order valence-corrected chi connectivity index (χ3v) is 3.25. The third kappa shape index (κ3) is 4.78. The molecule has 0 radical (unpaired) electrons. The quantitative estimate of drug-likeness (QED) is 0.817. The molecular weight excluding hydrogens is 210 g/mol. The van der Waals surface area contributed by atoms with Crippen LogP contribution in [-0.4, -0.2) is 19.2 Å². The van der Waals surface area contributed by atoms with Gasteiger partial charge in [0.05, 0.1) is 7.11 Å². The Morgan fingerprint density at radius 2 is 1.65 bits per heavy atom. The Labute approximate surface area is 105 Å². The SMILES string of the molecule is COc1ccc(CC(C)NC(C)C(C)C)cc1. The van der Waals surface area contributed by atoms with Gasteiger partial charge < -0.3 is 10.1 Å². The van der Waals surface area contributed by atoms with Crippen LogP contribution in [0.2, 0.25) is 0 Å². The van der Waals surface area contributed by atoms with Crippen LogP contribution in [0.1, 0.15) is 33.3 Å². The molecule has 0 aliphatic heterocycles. The maximum Gasteiger partial charge on any atom is 0.118 e. The Hall–Kier alpha value is -1.02. The molecule has 0 aromatic heterocycles. The molecule has 0 fully saturated rings. The van der Waals surface area contributed by atoms with Gasteiger partial charge in [0, 0.05) is 12.1 Å². The van der Waals surface area contributed by atoms with Crippen LogP contribution in [0.5, 0.6) is 5.75 Å². The molecule has 0 bridgehead atoms. The largest absolute Gasteiger partial charge is 0.497 e. The highest BCUT2D eigenvalue weighted by Crippen LogP contribution is 2.13. The molecule has 2 atom stereocenters. The van der Waals surface area contributed by atoms with Gasteiger partial charge in [-0.15, -0.1) is 0 Å². The lowest BCUT2D eigenvalue weighted by molar-refractivity contribution is 0.382. The molecule has 1 rings (SSSR count). The maximum atomic E-state index is 5.15. The second-order valence-electron chi connectivity index (χ2n) is 5.15. The number of methoxy groups -OCH3 is 1. The third-order valence-electron chi connectivity index (χ3n) is 3.25. The predicted octanol–water partition coefficient (Wildman–Crippen LogP) is 3.26.